The third-order valence-electron chi connectivity index (χ3n) is 2.84. The summed E-state index contributed by atoms with van der Waals surface area (Å²) in [7, 11) is 0. The van der Waals surface area contributed by atoms with E-state index >= 15 is 0 Å². The summed E-state index contributed by atoms with van der Waals surface area (Å²) in [5.74, 6) is -0.958. The van der Waals surface area contributed by atoms with Gasteiger partial charge in [0.15, 0.2) is 11.9 Å². The van der Waals surface area contributed by atoms with Crippen LogP contribution >= 0.6 is 0 Å². The Morgan fingerprint density at radius 2 is 2.17 bits per heavy atom. The number of hydrogen-bond donors (Lipinski definition) is 1. The van der Waals surface area contributed by atoms with Crippen LogP contribution < -0.4 is 0 Å². The van der Waals surface area contributed by atoms with E-state index in [0.29, 0.717) is 5.84 Å². The molecule has 0 aliphatic carbocycles. The van der Waals surface area contributed by atoms with Crippen molar-refractivity contribution >= 4 is 17.7 Å². The maximum Gasteiger partial charge on any atom is 0.328 e. The van der Waals surface area contributed by atoms with E-state index in [-0.39, 0.29) is 18.4 Å². The zero-order chi connectivity index (χ0) is 13.3. The first kappa shape index (κ1) is 12.3. The average Bonchev–Trinajstić information content (AvgIpc) is 2.29. The van der Waals surface area contributed by atoms with Gasteiger partial charge >= 0.3 is 5.97 Å². The fourth-order valence-corrected chi connectivity index (χ4v) is 1.97. The lowest BCUT2D eigenvalue weighted by Crippen LogP contribution is -2.52. The van der Waals surface area contributed by atoms with E-state index in [1.165, 1.54) is 0 Å². The summed E-state index contributed by atoms with van der Waals surface area (Å²) in [6.07, 6.45) is 7.10. The SMILES string of the molecule is CC(C)C(C(=O)O)N1N=C2C=CC=CN2CC1=O. The van der Waals surface area contributed by atoms with Crippen LogP contribution in [0.5, 0.6) is 0 Å². The number of aliphatic carboxylic acids is 1. The average molecular weight is 249 g/mol. The number of carboxylic acids is 1. The Kier molecular flexibility index (Phi) is 3.18. The number of carbonyl (C=O) groups excluding carboxylic acids is 1. The molecule has 2 aliphatic heterocycles. The van der Waals surface area contributed by atoms with E-state index in [2.05, 4.69) is 5.10 Å². The molecule has 1 atom stereocenters. The Balaban J connectivity index is 2.33. The first-order valence-electron chi connectivity index (χ1n) is 5.75. The summed E-state index contributed by atoms with van der Waals surface area (Å²) in [4.78, 5) is 24.9. The fraction of sp³-hybridized carbons (Fsp3) is 0.417. The van der Waals surface area contributed by atoms with Crippen molar-refractivity contribution in [3.63, 3.8) is 0 Å². The molecule has 18 heavy (non-hydrogen) atoms. The van der Waals surface area contributed by atoms with E-state index in [9.17, 15) is 14.7 Å². The van der Waals surface area contributed by atoms with Crippen LogP contribution in [0.1, 0.15) is 13.8 Å². The number of amides is 1. The van der Waals surface area contributed by atoms with Crippen LogP contribution in [-0.4, -0.2) is 45.3 Å². The van der Waals surface area contributed by atoms with Gasteiger partial charge in [0.25, 0.3) is 5.91 Å². The van der Waals surface area contributed by atoms with Gasteiger partial charge in [-0.05, 0) is 18.1 Å². The highest BCUT2D eigenvalue weighted by Gasteiger charge is 2.36. The smallest absolute Gasteiger partial charge is 0.328 e. The van der Waals surface area contributed by atoms with Crippen molar-refractivity contribution in [2.75, 3.05) is 6.54 Å². The van der Waals surface area contributed by atoms with Crippen LogP contribution in [0.3, 0.4) is 0 Å². The highest BCUT2D eigenvalue weighted by molar-refractivity contribution is 6.01. The largest absolute Gasteiger partial charge is 0.480 e. The van der Waals surface area contributed by atoms with Crippen LogP contribution in [0.15, 0.2) is 29.5 Å². The van der Waals surface area contributed by atoms with Crippen LogP contribution in [0.2, 0.25) is 0 Å². The molecule has 6 heteroatoms. The summed E-state index contributed by atoms with van der Waals surface area (Å²) in [5, 5.41) is 14.4. The molecule has 0 radical (unpaired) electrons. The quantitative estimate of drug-likeness (QED) is 0.796. The van der Waals surface area contributed by atoms with Crippen molar-refractivity contribution in [2.24, 2.45) is 11.0 Å². The Bertz CT molecular complexity index is 465. The summed E-state index contributed by atoms with van der Waals surface area (Å²) >= 11 is 0. The molecule has 0 aromatic heterocycles. The maximum absolute atomic E-state index is 12.0. The summed E-state index contributed by atoms with van der Waals surface area (Å²) in [5.41, 5.74) is 0. The van der Waals surface area contributed by atoms with Crippen molar-refractivity contribution in [1.29, 1.82) is 0 Å². The summed E-state index contributed by atoms with van der Waals surface area (Å²) in [6, 6.07) is -0.925. The number of carboxylic acid groups (broad SMARTS) is 1. The lowest BCUT2D eigenvalue weighted by Gasteiger charge is -2.35. The second-order valence-corrected chi connectivity index (χ2v) is 4.55. The molecule has 2 rings (SSSR count). The minimum atomic E-state index is -1.04. The second kappa shape index (κ2) is 4.64. The minimum Gasteiger partial charge on any atom is -0.480 e. The van der Waals surface area contributed by atoms with Gasteiger partial charge in [-0.25, -0.2) is 9.80 Å². The van der Waals surface area contributed by atoms with Gasteiger partial charge in [0.2, 0.25) is 0 Å². The van der Waals surface area contributed by atoms with Gasteiger partial charge in [0.1, 0.15) is 6.54 Å². The first-order chi connectivity index (χ1) is 8.50. The molecule has 6 nitrogen and oxygen atoms in total. The van der Waals surface area contributed by atoms with E-state index < -0.39 is 12.0 Å². The van der Waals surface area contributed by atoms with Crippen LogP contribution in [0, 0.1) is 5.92 Å². The number of carbonyl (C=O) groups is 2. The molecule has 1 amide bonds. The van der Waals surface area contributed by atoms with Crippen molar-refractivity contribution in [2.45, 2.75) is 19.9 Å². The van der Waals surface area contributed by atoms with Crippen molar-refractivity contribution in [1.82, 2.24) is 9.91 Å². The molecule has 0 saturated heterocycles. The van der Waals surface area contributed by atoms with Crippen molar-refractivity contribution in [3.05, 3.63) is 24.4 Å². The molecule has 96 valence electrons. The van der Waals surface area contributed by atoms with Gasteiger partial charge in [0, 0.05) is 6.20 Å². The van der Waals surface area contributed by atoms with E-state index in [0.717, 1.165) is 5.01 Å². The van der Waals surface area contributed by atoms with Gasteiger partial charge < -0.3 is 10.0 Å². The summed E-state index contributed by atoms with van der Waals surface area (Å²) < 4.78 is 0. The topological polar surface area (TPSA) is 73.2 Å². The highest BCUT2D eigenvalue weighted by atomic mass is 16.4. The number of nitrogens with zero attached hydrogens (tertiary/aromatic N) is 3. The molecule has 0 bridgehead atoms. The minimum absolute atomic E-state index is 0.121. The standard InChI is InChI=1S/C12H15N3O3/c1-8(2)11(12(17)18)15-10(16)7-14-6-4-3-5-9(14)13-15/h3-6,8,11H,7H2,1-2H3,(H,17,18). The molecule has 2 aliphatic rings. The monoisotopic (exact) mass is 249 g/mol. The molecule has 0 aromatic rings. The number of hydrogen-bond acceptors (Lipinski definition) is 4. The number of hydrazone groups is 1. The molecule has 1 unspecified atom stereocenters. The fourth-order valence-electron chi connectivity index (χ4n) is 1.97. The van der Waals surface area contributed by atoms with E-state index in [1.807, 2.05) is 0 Å². The zero-order valence-corrected chi connectivity index (χ0v) is 10.3. The molecular weight excluding hydrogens is 234 g/mol. The second-order valence-electron chi connectivity index (χ2n) is 4.55. The number of fused-ring (bicyclic) bond motifs is 1. The lowest BCUT2D eigenvalue weighted by molar-refractivity contribution is -0.153. The molecule has 0 aromatic carbocycles. The third kappa shape index (κ3) is 2.13. The van der Waals surface area contributed by atoms with E-state index in [1.54, 1.807) is 43.2 Å². The van der Waals surface area contributed by atoms with Crippen molar-refractivity contribution < 1.29 is 14.7 Å². The number of rotatable bonds is 3. The summed E-state index contributed by atoms with van der Waals surface area (Å²) in [6.45, 7) is 3.64. The first-order valence-corrected chi connectivity index (χ1v) is 5.75. The molecule has 0 fully saturated rings. The van der Waals surface area contributed by atoms with Gasteiger partial charge in [-0.3, -0.25) is 4.79 Å². The normalized spacial score (nSPS) is 19.9. The number of allylic oxidation sites excluding steroid dienone is 2. The Morgan fingerprint density at radius 3 is 2.78 bits per heavy atom. The highest BCUT2D eigenvalue weighted by Crippen LogP contribution is 2.18. The van der Waals surface area contributed by atoms with Gasteiger partial charge in [-0.2, -0.15) is 5.10 Å². The Morgan fingerprint density at radius 1 is 1.44 bits per heavy atom. The van der Waals surface area contributed by atoms with Gasteiger partial charge in [-0.15, -0.1) is 0 Å². The molecule has 0 saturated carbocycles. The maximum atomic E-state index is 12.0. The van der Waals surface area contributed by atoms with Crippen LogP contribution in [-0.2, 0) is 9.59 Å². The predicted molar refractivity (Wildman–Crippen MR) is 65.5 cm³/mol. The van der Waals surface area contributed by atoms with E-state index in [4.69, 9.17) is 0 Å². The Labute approximate surface area is 105 Å². The lowest BCUT2D eigenvalue weighted by atomic mass is 10.0. The van der Waals surface area contributed by atoms with Gasteiger partial charge in [-0.1, -0.05) is 19.9 Å². The zero-order valence-electron chi connectivity index (χ0n) is 10.3. The predicted octanol–water partition coefficient (Wildman–Crippen LogP) is 0.637. The molecule has 2 heterocycles. The van der Waals surface area contributed by atoms with Crippen molar-refractivity contribution in [3.8, 4) is 0 Å². The molecule has 1 N–H and O–H groups in total. The number of amidine groups is 1. The third-order valence-corrected chi connectivity index (χ3v) is 2.84. The van der Waals surface area contributed by atoms with Gasteiger partial charge in [0.05, 0.1) is 0 Å². The molecule has 0 spiro atoms. The Hall–Kier alpha value is -2.11. The van der Waals surface area contributed by atoms with Crippen LogP contribution in [0.4, 0.5) is 0 Å². The van der Waals surface area contributed by atoms with Crippen LogP contribution in [0.25, 0.3) is 0 Å². The molecular formula is C12H15N3O3.